The summed E-state index contributed by atoms with van der Waals surface area (Å²) in [6.07, 6.45) is 3.80. The van der Waals surface area contributed by atoms with Crippen LogP contribution in [0.15, 0.2) is 60.7 Å². The number of fused-ring (bicyclic) bond motifs is 1. The number of piperidine rings is 1. The normalized spacial score (nSPS) is 14.0. The summed E-state index contributed by atoms with van der Waals surface area (Å²) in [5, 5.41) is 0.794. The molecule has 5 rings (SSSR count). The lowest BCUT2D eigenvalue weighted by molar-refractivity contribution is -0.132. The van der Waals surface area contributed by atoms with E-state index in [1.54, 1.807) is 12.1 Å². The van der Waals surface area contributed by atoms with Crippen molar-refractivity contribution in [3.63, 3.8) is 0 Å². The standard InChI is InChI=1S/C29H27F2NO4S/c1-19(33)35-28-24(30)14-13-23(26(28)31)29-27(22-7-3-4-8-25(22)37-29)36-21-11-9-20(10-12-21)34-18-17-32-15-5-2-6-16-32/h3-4,7-14H,2,5-6,15-18H2,1H3. The monoisotopic (exact) mass is 523 g/mol. The molecule has 0 atom stereocenters. The van der Waals surface area contributed by atoms with Gasteiger partial charge in [0, 0.05) is 29.1 Å². The zero-order valence-electron chi connectivity index (χ0n) is 20.5. The maximum absolute atomic E-state index is 15.3. The van der Waals surface area contributed by atoms with Gasteiger partial charge in [-0.25, -0.2) is 8.78 Å². The highest BCUT2D eigenvalue weighted by atomic mass is 32.1. The molecule has 0 N–H and O–H groups in total. The average molecular weight is 524 g/mol. The van der Waals surface area contributed by atoms with Gasteiger partial charge in [0.1, 0.15) is 18.1 Å². The quantitative estimate of drug-likeness (QED) is 0.178. The molecule has 2 heterocycles. The van der Waals surface area contributed by atoms with Crippen LogP contribution in [0.4, 0.5) is 8.78 Å². The Labute approximate surface area is 218 Å². The van der Waals surface area contributed by atoms with Gasteiger partial charge in [-0.2, -0.15) is 0 Å². The van der Waals surface area contributed by atoms with Crippen LogP contribution in [0.2, 0.25) is 0 Å². The van der Waals surface area contributed by atoms with Gasteiger partial charge in [-0.05, 0) is 74.5 Å². The zero-order valence-corrected chi connectivity index (χ0v) is 21.3. The van der Waals surface area contributed by atoms with Crippen LogP contribution >= 0.6 is 11.3 Å². The third-order valence-corrected chi connectivity index (χ3v) is 7.44. The molecule has 0 spiro atoms. The fourth-order valence-electron chi connectivity index (χ4n) is 4.44. The van der Waals surface area contributed by atoms with Crippen molar-refractivity contribution < 1.29 is 27.8 Å². The summed E-state index contributed by atoms with van der Waals surface area (Å²) < 4.78 is 47.4. The van der Waals surface area contributed by atoms with Crippen LogP contribution in [-0.2, 0) is 4.79 Å². The van der Waals surface area contributed by atoms with Crippen LogP contribution in [0.25, 0.3) is 20.5 Å². The Kier molecular flexibility index (Phi) is 7.67. The first-order valence-corrected chi connectivity index (χ1v) is 13.1. The number of ether oxygens (including phenoxy) is 3. The summed E-state index contributed by atoms with van der Waals surface area (Å²) in [4.78, 5) is 14.3. The lowest BCUT2D eigenvalue weighted by Crippen LogP contribution is -2.33. The number of likely N-dealkylation sites (tertiary alicyclic amines) is 1. The second-order valence-electron chi connectivity index (χ2n) is 8.91. The van der Waals surface area contributed by atoms with Crippen LogP contribution in [0.5, 0.6) is 23.0 Å². The molecule has 8 heteroatoms. The molecule has 4 aromatic rings. The minimum Gasteiger partial charge on any atom is -0.492 e. The number of nitrogens with zero attached hydrogens (tertiary/aromatic N) is 1. The minimum atomic E-state index is -0.955. The van der Waals surface area contributed by atoms with E-state index in [1.807, 2.05) is 36.4 Å². The molecule has 0 bridgehead atoms. The van der Waals surface area contributed by atoms with Gasteiger partial charge in [0.2, 0.25) is 5.75 Å². The van der Waals surface area contributed by atoms with Gasteiger partial charge in [-0.1, -0.05) is 18.6 Å². The van der Waals surface area contributed by atoms with Crippen LogP contribution < -0.4 is 14.2 Å². The molecule has 1 fully saturated rings. The number of hydrogen-bond acceptors (Lipinski definition) is 6. The molecular weight excluding hydrogens is 496 g/mol. The van der Waals surface area contributed by atoms with Gasteiger partial charge in [0.05, 0.1) is 4.88 Å². The number of hydrogen-bond donors (Lipinski definition) is 0. The average Bonchev–Trinajstić information content (AvgIpc) is 3.26. The molecule has 3 aromatic carbocycles. The summed E-state index contributed by atoms with van der Waals surface area (Å²) in [6, 6.07) is 17.3. The van der Waals surface area contributed by atoms with Gasteiger partial charge in [0.25, 0.3) is 0 Å². The Morgan fingerprint density at radius 1 is 0.919 bits per heavy atom. The number of carbonyl (C=O) groups excluding carboxylic acids is 1. The predicted octanol–water partition coefficient (Wildman–Crippen LogP) is 7.43. The number of carbonyl (C=O) groups is 1. The highest BCUT2D eigenvalue weighted by molar-refractivity contribution is 7.22. The van der Waals surface area contributed by atoms with E-state index in [-0.39, 0.29) is 5.56 Å². The highest BCUT2D eigenvalue weighted by Gasteiger charge is 2.24. The maximum Gasteiger partial charge on any atom is 0.308 e. The fourth-order valence-corrected chi connectivity index (χ4v) is 5.59. The lowest BCUT2D eigenvalue weighted by atomic mass is 10.1. The molecule has 0 unspecified atom stereocenters. The molecule has 1 aromatic heterocycles. The number of rotatable bonds is 8. The third-order valence-electron chi connectivity index (χ3n) is 6.26. The van der Waals surface area contributed by atoms with E-state index < -0.39 is 23.4 Å². The fraction of sp³-hybridized carbons (Fsp3) is 0.276. The Bertz CT molecular complexity index is 1400. The van der Waals surface area contributed by atoms with Crippen LogP contribution in [0, 0.1) is 11.6 Å². The largest absolute Gasteiger partial charge is 0.492 e. The van der Waals surface area contributed by atoms with Crippen molar-refractivity contribution in [3.05, 3.63) is 72.3 Å². The van der Waals surface area contributed by atoms with Gasteiger partial charge < -0.3 is 14.2 Å². The van der Waals surface area contributed by atoms with E-state index in [0.717, 1.165) is 48.5 Å². The van der Waals surface area contributed by atoms with Crippen molar-refractivity contribution in [1.82, 2.24) is 4.90 Å². The highest BCUT2D eigenvalue weighted by Crippen LogP contribution is 2.48. The molecule has 1 aliphatic heterocycles. The Balaban J connectivity index is 1.39. The molecular formula is C29H27F2NO4S. The Morgan fingerprint density at radius 3 is 2.41 bits per heavy atom. The van der Waals surface area contributed by atoms with E-state index in [4.69, 9.17) is 14.2 Å². The van der Waals surface area contributed by atoms with Crippen LogP contribution in [0.3, 0.4) is 0 Å². The first kappa shape index (κ1) is 25.2. The molecule has 1 saturated heterocycles. The smallest absolute Gasteiger partial charge is 0.308 e. The van der Waals surface area contributed by atoms with E-state index in [2.05, 4.69) is 4.90 Å². The summed E-state index contributed by atoms with van der Waals surface area (Å²) >= 11 is 1.31. The molecule has 37 heavy (non-hydrogen) atoms. The molecule has 0 amide bonds. The molecule has 0 aliphatic carbocycles. The first-order valence-electron chi connectivity index (χ1n) is 12.3. The maximum atomic E-state index is 15.3. The summed E-state index contributed by atoms with van der Waals surface area (Å²) in [5.74, 6) is -1.69. The van der Waals surface area contributed by atoms with Gasteiger partial charge in [-0.3, -0.25) is 9.69 Å². The lowest BCUT2D eigenvalue weighted by Gasteiger charge is -2.26. The number of benzene rings is 3. The van der Waals surface area contributed by atoms with Crippen molar-refractivity contribution in [3.8, 4) is 33.4 Å². The Morgan fingerprint density at radius 2 is 1.65 bits per heavy atom. The topological polar surface area (TPSA) is 48.0 Å². The van der Waals surface area contributed by atoms with Crippen molar-refractivity contribution in [2.45, 2.75) is 26.2 Å². The second kappa shape index (κ2) is 11.3. The number of halogens is 2. The minimum absolute atomic E-state index is 0.0894. The summed E-state index contributed by atoms with van der Waals surface area (Å²) in [6.45, 7) is 4.88. The van der Waals surface area contributed by atoms with Gasteiger partial charge in [-0.15, -0.1) is 11.3 Å². The molecule has 0 radical (unpaired) electrons. The van der Waals surface area contributed by atoms with E-state index in [1.165, 1.54) is 36.7 Å². The van der Waals surface area contributed by atoms with E-state index >= 15 is 4.39 Å². The predicted molar refractivity (Wildman–Crippen MR) is 141 cm³/mol. The van der Waals surface area contributed by atoms with Gasteiger partial charge in [0.15, 0.2) is 17.4 Å². The Hall–Kier alpha value is -3.49. The second-order valence-corrected chi connectivity index (χ2v) is 9.96. The number of esters is 1. The molecule has 0 saturated carbocycles. The molecule has 1 aliphatic rings. The molecule has 5 nitrogen and oxygen atoms in total. The number of thiophene rings is 1. The van der Waals surface area contributed by atoms with E-state index in [0.29, 0.717) is 23.0 Å². The summed E-state index contributed by atoms with van der Waals surface area (Å²) in [7, 11) is 0. The van der Waals surface area contributed by atoms with Crippen molar-refractivity contribution in [2.75, 3.05) is 26.2 Å². The van der Waals surface area contributed by atoms with E-state index in [9.17, 15) is 9.18 Å². The molecule has 192 valence electrons. The van der Waals surface area contributed by atoms with Crippen molar-refractivity contribution in [2.24, 2.45) is 0 Å². The van der Waals surface area contributed by atoms with Crippen molar-refractivity contribution in [1.29, 1.82) is 0 Å². The first-order chi connectivity index (χ1) is 18.0. The zero-order chi connectivity index (χ0) is 25.8. The van der Waals surface area contributed by atoms with Gasteiger partial charge >= 0.3 is 5.97 Å². The third kappa shape index (κ3) is 5.76. The van der Waals surface area contributed by atoms with Crippen LogP contribution in [0.1, 0.15) is 26.2 Å². The summed E-state index contributed by atoms with van der Waals surface area (Å²) in [5.41, 5.74) is 0.0894. The SMILES string of the molecule is CC(=O)Oc1c(F)ccc(-c2sc3ccccc3c2Oc2ccc(OCCN3CCCCC3)cc2)c1F. The van der Waals surface area contributed by atoms with Crippen molar-refractivity contribution >= 4 is 27.4 Å². The van der Waals surface area contributed by atoms with Crippen LogP contribution in [-0.4, -0.2) is 37.1 Å².